The monoisotopic (exact) mass is 479 g/mol. The summed E-state index contributed by atoms with van der Waals surface area (Å²) in [6.45, 7) is 9.48. The van der Waals surface area contributed by atoms with E-state index in [1.54, 1.807) is 22.6 Å². The van der Waals surface area contributed by atoms with Gasteiger partial charge in [0, 0.05) is 31.6 Å². The highest BCUT2D eigenvalue weighted by atomic mass is 35.5. The molecule has 0 saturated heterocycles. The number of halogens is 2. The molecule has 1 fully saturated rings. The molecule has 0 bridgehead atoms. The highest BCUT2D eigenvalue weighted by Gasteiger charge is 2.69. The molecule has 7 heteroatoms. The summed E-state index contributed by atoms with van der Waals surface area (Å²) in [6, 6.07) is 13.9. The van der Waals surface area contributed by atoms with Crippen molar-refractivity contribution in [1.29, 1.82) is 0 Å². The molecule has 0 N–H and O–H groups in total. The molecular formula is C23H27Cl2NO2SSi. The van der Waals surface area contributed by atoms with E-state index in [-0.39, 0.29) is 10.8 Å². The van der Waals surface area contributed by atoms with Crippen molar-refractivity contribution in [2.24, 2.45) is 5.41 Å². The first-order valence-electron chi connectivity index (χ1n) is 10.1. The second kappa shape index (κ2) is 7.12. The maximum atomic E-state index is 13.4. The van der Waals surface area contributed by atoms with E-state index < -0.39 is 18.1 Å². The van der Waals surface area contributed by atoms with Crippen LogP contribution in [0.2, 0.25) is 35.7 Å². The minimum atomic E-state index is -3.59. The van der Waals surface area contributed by atoms with Gasteiger partial charge in [-0.25, -0.2) is 8.42 Å². The average molecular weight is 481 g/mol. The number of rotatable bonds is 5. The quantitative estimate of drug-likeness (QED) is 0.459. The van der Waals surface area contributed by atoms with E-state index in [2.05, 4.69) is 25.7 Å². The molecule has 0 unspecified atom stereocenters. The first-order chi connectivity index (χ1) is 13.9. The number of aryl methyl sites for hydroxylation is 1. The van der Waals surface area contributed by atoms with Gasteiger partial charge in [0.25, 0.3) is 10.0 Å². The van der Waals surface area contributed by atoms with Crippen LogP contribution in [-0.4, -0.2) is 27.3 Å². The molecule has 4 rings (SSSR count). The largest absolute Gasteiger partial charge is 0.273 e. The molecule has 2 aromatic rings. The molecule has 3 nitrogen and oxygen atoms in total. The van der Waals surface area contributed by atoms with Gasteiger partial charge in [-0.2, -0.15) is 0 Å². The maximum absolute atomic E-state index is 13.4. The van der Waals surface area contributed by atoms with Crippen LogP contribution in [0, 0.1) is 12.3 Å². The zero-order chi connectivity index (χ0) is 21.9. The Kier molecular flexibility index (Phi) is 5.21. The van der Waals surface area contributed by atoms with Crippen molar-refractivity contribution in [2.75, 3.05) is 6.54 Å². The van der Waals surface area contributed by atoms with Crippen molar-refractivity contribution in [3.05, 3.63) is 75.9 Å². The summed E-state index contributed by atoms with van der Waals surface area (Å²) < 4.78 is 28.3. The van der Waals surface area contributed by atoms with Gasteiger partial charge in [-0.3, -0.25) is 4.31 Å². The first-order valence-corrected chi connectivity index (χ1v) is 16.0. The smallest absolute Gasteiger partial charge is 0.263 e. The lowest BCUT2D eigenvalue weighted by atomic mass is 9.85. The fourth-order valence-corrected chi connectivity index (χ4v) is 9.33. The maximum Gasteiger partial charge on any atom is 0.263 e. The van der Waals surface area contributed by atoms with Crippen molar-refractivity contribution in [1.82, 2.24) is 4.31 Å². The Bertz CT molecular complexity index is 1120. The number of fused-ring (bicyclic) bond motifs is 1. The number of hydrogen-bond donors (Lipinski definition) is 0. The van der Waals surface area contributed by atoms with Crippen LogP contribution >= 0.6 is 23.2 Å². The molecule has 0 aromatic heterocycles. The zero-order valence-electron chi connectivity index (χ0n) is 17.7. The van der Waals surface area contributed by atoms with Crippen molar-refractivity contribution < 1.29 is 8.42 Å². The second-order valence-corrected chi connectivity index (χ2v) is 18.2. The van der Waals surface area contributed by atoms with Gasteiger partial charge in [0.15, 0.2) is 0 Å². The van der Waals surface area contributed by atoms with Crippen molar-refractivity contribution in [3.63, 3.8) is 0 Å². The van der Waals surface area contributed by atoms with Crippen LogP contribution in [-0.2, 0) is 15.4 Å². The van der Waals surface area contributed by atoms with Crippen molar-refractivity contribution >= 4 is 41.3 Å². The van der Waals surface area contributed by atoms with Gasteiger partial charge < -0.3 is 0 Å². The summed E-state index contributed by atoms with van der Waals surface area (Å²) in [6.07, 6.45) is 4.77. The van der Waals surface area contributed by atoms with E-state index in [9.17, 15) is 8.42 Å². The second-order valence-electron chi connectivity index (χ2n) is 9.97. The predicted octanol–water partition coefficient (Wildman–Crippen LogP) is 6.49. The van der Waals surface area contributed by atoms with Crippen LogP contribution in [0.25, 0.3) is 0 Å². The van der Waals surface area contributed by atoms with Crippen LogP contribution in [0.15, 0.2) is 59.6 Å². The van der Waals surface area contributed by atoms with Crippen LogP contribution in [0.3, 0.4) is 0 Å². The molecule has 160 valence electrons. The first kappa shape index (κ1) is 21.9. The number of nitrogens with zero attached hydrogens (tertiary/aromatic N) is 1. The Morgan fingerprint density at radius 2 is 1.70 bits per heavy atom. The van der Waals surface area contributed by atoms with Gasteiger partial charge >= 0.3 is 0 Å². The molecule has 2 aromatic carbocycles. The van der Waals surface area contributed by atoms with Gasteiger partial charge in [-0.1, -0.05) is 72.7 Å². The third-order valence-electron chi connectivity index (χ3n) is 6.35. The van der Waals surface area contributed by atoms with Gasteiger partial charge in [0.2, 0.25) is 0 Å². The summed E-state index contributed by atoms with van der Waals surface area (Å²) in [5, 5.41) is 1.08. The lowest BCUT2D eigenvalue weighted by molar-refractivity contribution is 0.361. The van der Waals surface area contributed by atoms with Crippen LogP contribution in [0.4, 0.5) is 0 Å². The van der Waals surface area contributed by atoms with Crippen molar-refractivity contribution in [3.8, 4) is 0 Å². The Balaban J connectivity index is 1.76. The van der Waals surface area contributed by atoms with Crippen LogP contribution in [0.1, 0.15) is 17.5 Å². The Morgan fingerprint density at radius 1 is 1.03 bits per heavy atom. The van der Waals surface area contributed by atoms with E-state index in [1.165, 1.54) is 0 Å². The number of hydrogen-bond acceptors (Lipinski definition) is 2. The molecule has 2 atom stereocenters. The van der Waals surface area contributed by atoms with E-state index >= 15 is 0 Å². The fourth-order valence-electron chi connectivity index (χ4n) is 5.06. The van der Waals surface area contributed by atoms with Crippen molar-refractivity contribution in [2.45, 2.75) is 49.3 Å². The SMILES string of the molecule is Cc1ccc(S(=O)(=O)N2C=C[C@@]3(c4ccc(Cl)c(Cl)c4)C[C@@]3(C[Si](C)(C)C)C2)cc1. The summed E-state index contributed by atoms with van der Waals surface area (Å²) in [5.41, 5.74) is 1.88. The molecule has 1 heterocycles. The van der Waals surface area contributed by atoms with E-state index in [0.29, 0.717) is 21.5 Å². The van der Waals surface area contributed by atoms with Gasteiger partial charge in [-0.05, 0) is 49.2 Å². The molecule has 0 amide bonds. The van der Waals surface area contributed by atoms with E-state index in [4.69, 9.17) is 23.2 Å². The van der Waals surface area contributed by atoms with Gasteiger partial charge in [-0.15, -0.1) is 0 Å². The summed E-state index contributed by atoms with van der Waals surface area (Å²) in [7, 11) is -5.06. The molecular weight excluding hydrogens is 453 g/mol. The molecule has 1 aliphatic carbocycles. The number of benzene rings is 2. The van der Waals surface area contributed by atoms with Crippen LogP contribution in [0.5, 0.6) is 0 Å². The molecule has 0 radical (unpaired) electrons. The molecule has 1 aliphatic heterocycles. The van der Waals surface area contributed by atoms with Gasteiger partial charge in [0.1, 0.15) is 0 Å². The molecule has 30 heavy (non-hydrogen) atoms. The summed E-state index contributed by atoms with van der Waals surface area (Å²) in [4.78, 5) is 0.337. The highest BCUT2D eigenvalue weighted by molar-refractivity contribution is 7.89. The Labute approximate surface area is 190 Å². The third kappa shape index (κ3) is 3.64. The number of sulfonamides is 1. The zero-order valence-corrected chi connectivity index (χ0v) is 21.1. The number of allylic oxidation sites excluding steroid dienone is 1. The summed E-state index contributed by atoms with van der Waals surface area (Å²) >= 11 is 12.5. The third-order valence-corrected chi connectivity index (χ3v) is 10.6. The highest BCUT2D eigenvalue weighted by Crippen LogP contribution is 2.71. The lowest BCUT2D eigenvalue weighted by Gasteiger charge is -2.37. The molecule has 2 aliphatic rings. The van der Waals surface area contributed by atoms with E-state index in [0.717, 1.165) is 23.6 Å². The average Bonchev–Trinajstić information content (AvgIpc) is 3.31. The van der Waals surface area contributed by atoms with Crippen LogP contribution < -0.4 is 0 Å². The standard InChI is InChI=1S/C23H27Cl2NO2SSi/c1-17-5-8-19(9-6-17)29(27,28)26-12-11-23(18-7-10-20(24)21(25)13-18)14-22(23,15-26)16-30(2,3)4/h5-13H,14-16H2,1-4H3/t22-,23-/m0/s1. The minimum absolute atomic E-state index is 0.110. The predicted molar refractivity (Wildman–Crippen MR) is 128 cm³/mol. The fraction of sp³-hybridized carbons (Fsp3) is 0.391. The topological polar surface area (TPSA) is 37.4 Å². The van der Waals surface area contributed by atoms with Gasteiger partial charge in [0.05, 0.1) is 14.9 Å². The minimum Gasteiger partial charge on any atom is -0.273 e. The summed E-state index contributed by atoms with van der Waals surface area (Å²) in [5.74, 6) is 0. The normalized spacial score (nSPS) is 25.9. The van der Waals surface area contributed by atoms with E-state index in [1.807, 2.05) is 37.3 Å². The Hall–Kier alpha value is -1.27. The molecule has 1 saturated carbocycles. The molecule has 0 spiro atoms. The Morgan fingerprint density at radius 3 is 2.30 bits per heavy atom. The lowest BCUT2D eigenvalue weighted by Crippen LogP contribution is -2.41.